The van der Waals surface area contributed by atoms with Crippen LogP contribution in [-0.4, -0.2) is 22.2 Å². The number of hydrogen-bond acceptors (Lipinski definition) is 5. The van der Waals surface area contributed by atoms with E-state index in [0.29, 0.717) is 0 Å². The van der Waals surface area contributed by atoms with Gasteiger partial charge in [-0.05, 0) is 12.2 Å². The van der Waals surface area contributed by atoms with E-state index >= 15 is 0 Å². The molecule has 0 unspecified atom stereocenters. The summed E-state index contributed by atoms with van der Waals surface area (Å²) in [6, 6.07) is -1.18. The maximum atomic E-state index is 10.4. The van der Waals surface area contributed by atoms with Gasteiger partial charge in [0.2, 0.25) is 0 Å². The third kappa shape index (κ3) is 2.26. The Morgan fingerprint density at radius 2 is 1.77 bits per heavy atom. The van der Waals surface area contributed by atoms with Gasteiger partial charge in [-0.25, -0.2) is 0 Å². The van der Waals surface area contributed by atoms with Crippen molar-refractivity contribution >= 4 is 0 Å². The van der Waals surface area contributed by atoms with Crippen LogP contribution in [0.1, 0.15) is 0 Å². The first-order valence-electron chi connectivity index (χ1n) is 3.41. The molecule has 0 saturated carbocycles. The van der Waals surface area contributed by atoms with Gasteiger partial charge < -0.3 is 0 Å². The minimum Gasteiger partial charge on any atom is -0.299 e. The van der Waals surface area contributed by atoms with Gasteiger partial charge in [0.25, 0.3) is 11.1 Å². The highest BCUT2D eigenvalue weighted by Gasteiger charge is 2.31. The van der Waals surface area contributed by atoms with Crippen molar-refractivity contribution in [3.8, 4) is 0 Å². The highest BCUT2D eigenvalue weighted by molar-refractivity contribution is 5.16. The van der Waals surface area contributed by atoms with Crippen LogP contribution in [0.5, 0.6) is 0 Å². The van der Waals surface area contributed by atoms with Crippen molar-refractivity contribution in [1.82, 2.24) is 0 Å². The van der Waals surface area contributed by atoms with Crippen LogP contribution in [0, 0.1) is 20.2 Å². The summed E-state index contributed by atoms with van der Waals surface area (Å²) >= 11 is 0. The molecular weight excluding hydrogens is 180 g/mol. The summed E-state index contributed by atoms with van der Waals surface area (Å²) in [6.45, 7) is 0. The van der Waals surface area contributed by atoms with Crippen molar-refractivity contribution < 1.29 is 14.8 Å². The molecule has 0 heterocycles. The number of rotatable bonds is 3. The SMILES string of the molecule is O=[N+]([O-])O[C@H]1C=CC=C[C@@H]1[N+](=O)[O-]. The van der Waals surface area contributed by atoms with Crippen molar-refractivity contribution in [2.24, 2.45) is 0 Å². The summed E-state index contributed by atoms with van der Waals surface area (Å²) in [5.41, 5.74) is 0. The minimum absolute atomic E-state index is 0.631. The van der Waals surface area contributed by atoms with E-state index in [-0.39, 0.29) is 0 Å². The van der Waals surface area contributed by atoms with Crippen LogP contribution in [-0.2, 0) is 4.84 Å². The van der Waals surface area contributed by atoms with Crippen LogP contribution in [0.15, 0.2) is 24.3 Å². The van der Waals surface area contributed by atoms with Gasteiger partial charge in [0.05, 0.1) is 0 Å². The van der Waals surface area contributed by atoms with E-state index in [2.05, 4.69) is 4.84 Å². The van der Waals surface area contributed by atoms with Gasteiger partial charge in [-0.2, -0.15) is 0 Å². The molecule has 1 aliphatic carbocycles. The first-order chi connectivity index (χ1) is 6.11. The maximum absolute atomic E-state index is 10.4. The molecule has 0 amide bonds. The van der Waals surface area contributed by atoms with E-state index < -0.39 is 22.2 Å². The molecule has 7 nitrogen and oxygen atoms in total. The number of nitrogens with zero attached hydrogens (tertiary/aromatic N) is 2. The molecule has 0 aliphatic heterocycles. The smallest absolute Gasteiger partial charge is 0.295 e. The predicted molar refractivity (Wildman–Crippen MR) is 40.9 cm³/mol. The Labute approximate surface area is 72.6 Å². The average molecular weight is 186 g/mol. The molecule has 1 rings (SSSR count). The van der Waals surface area contributed by atoms with E-state index in [0.717, 1.165) is 0 Å². The molecule has 0 aromatic carbocycles. The monoisotopic (exact) mass is 186 g/mol. The standard InChI is InChI=1S/C6H6N2O5/c9-7(10)5-3-1-2-4-6(5)13-8(11)12/h1-6H/t5-,6-/m0/s1. The van der Waals surface area contributed by atoms with Gasteiger partial charge in [-0.15, -0.1) is 10.1 Å². The Morgan fingerprint density at radius 1 is 1.15 bits per heavy atom. The molecular formula is C6H6N2O5. The second-order valence-electron chi connectivity index (χ2n) is 2.34. The van der Waals surface area contributed by atoms with E-state index in [1.54, 1.807) is 0 Å². The summed E-state index contributed by atoms with van der Waals surface area (Å²) in [6.07, 6.45) is 4.31. The molecule has 0 saturated heterocycles. The molecule has 0 bridgehead atoms. The molecule has 0 fully saturated rings. The third-order valence-electron chi connectivity index (χ3n) is 1.51. The summed E-state index contributed by atoms with van der Waals surface area (Å²) in [5.74, 6) is 0. The van der Waals surface area contributed by atoms with Crippen molar-refractivity contribution in [3.05, 3.63) is 44.5 Å². The summed E-state index contributed by atoms with van der Waals surface area (Å²) in [4.78, 5) is 23.8. The fourth-order valence-electron chi connectivity index (χ4n) is 0.962. The van der Waals surface area contributed by atoms with Gasteiger partial charge in [0.1, 0.15) is 0 Å². The Hall–Kier alpha value is -1.92. The summed E-state index contributed by atoms with van der Waals surface area (Å²) in [5, 5.41) is 19.3. The molecule has 2 atom stereocenters. The fraction of sp³-hybridized carbons (Fsp3) is 0.333. The first-order valence-corrected chi connectivity index (χ1v) is 3.41. The Balaban J connectivity index is 2.70. The molecule has 0 radical (unpaired) electrons. The van der Waals surface area contributed by atoms with Gasteiger partial charge in [0, 0.05) is 4.92 Å². The molecule has 1 aliphatic rings. The van der Waals surface area contributed by atoms with E-state index in [1.165, 1.54) is 24.3 Å². The number of hydrogen-bond donors (Lipinski definition) is 0. The zero-order chi connectivity index (χ0) is 9.84. The Bertz CT molecular complexity index is 285. The molecule has 0 spiro atoms. The van der Waals surface area contributed by atoms with Crippen LogP contribution >= 0.6 is 0 Å². The average Bonchev–Trinajstić information content (AvgIpc) is 2.03. The fourth-order valence-corrected chi connectivity index (χ4v) is 0.962. The van der Waals surface area contributed by atoms with Crippen LogP contribution in [0.25, 0.3) is 0 Å². The molecule has 0 aromatic heterocycles. The second-order valence-corrected chi connectivity index (χ2v) is 2.34. The first kappa shape index (κ1) is 9.17. The van der Waals surface area contributed by atoms with Crippen molar-refractivity contribution in [2.45, 2.75) is 12.1 Å². The summed E-state index contributed by atoms with van der Waals surface area (Å²) < 4.78 is 0. The molecule has 13 heavy (non-hydrogen) atoms. The zero-order valence-corrected chi connectivity index (χ0v) is 6.40. The Kier molecular flexibility index (Phi) is 2.58. The van der Waals surface area contributed by atoms with Gasteiger partial charge >= 0.3 is 0 Å². The van der Waals surface area contributed by atoms with Crippen molar-refractivity contribution in [3.63, 3.8) is 0 Å². The van der Waals surface area contributed by atoms with Crippen LogP contribution in [0.4, 0.5) is 0 Å². The zero-order valence-electron chi connectivity index (χ0n) is 6.40. The van der Waals surface area contributed by atoms with Gasteiger partial charge in [-0.1, -0.05) is 12.2 Å². The molecule has 0 aromatic rings. The van der Waals surface area contributed by atoms with Gasteiger partial charge in [-0.3, -0.25) is 15.0 Å². The van der Waals surface area contributed by atoms with Crippen molar-refractivity contribution in [1.29, 1.82) is 0 Å². The van der Waals surface area contributed by atoms with E-state index in [9.17, 15) is 20.2 Å². The van der Waals surface area contributed by atoms with Crippen LogP contribution in [0.3, 0.4) is 0 Å². The lowest BCUT2D eigenvalue weighted by molar-refractivity contribution is -0.773. The normalized spacial score (nSPS) is 25.5. The maximum Gasteiger partial charge on any atom is 0.295 e. The molecule has 70 valence electrons. The molecule has 0 N–H and O–H groups in total. The lowest BCUT2D eigenvalue weighted by Crippen LogP contribution is -2.35. The largest absolute Gasteiger partial charge is 0.299 e. The highest BCUT2D eigenvalue weighted by atomic mass is 17.0. The van der Waals surface area contributed by atoms with Crippen LogP contribution in [0.2, 0.25) is 0 Å². The van der Waals surface area contributed by atoms with Gasteiger partial charge in [0.15, 0.2) is 6.10 Å². The van der Waals surface area contributed by atoms with E-state index in [1.807, 2.05) is 0 Å². The van der Waals surface area contributed by atoms with Crippen LogP contribution < -0.4 is 0 Å². The predicted octanol–water partition coefficient (Wildman–Crippen LogP) is 0.335. The number of allylic oxidation sites excluding steroid dienone is 2. The lowest BCUT2D eigenvalue weighted by Gasteiger charge is -2.14. The molecule has 7 heteroatoms. The lowest BCUT2D eigenvalue weighted by atomic mass is 10.1. The third-order valence-corrected chi connectivity index (χ3v) is 1.51. The Morgan fingerprint density at radius 3 is 2.31 bits per heavy atom. The quantitative estimate of drug-likeness (QED) is 0.467. The van der Waals surface area contributed by atoms with E-state index in [4.69, 9.17) is 0 Å². The highest BCUT2D eigenvalue weighted by Crippen LogP contribution is 2.11. The topological polar surface area (TPSA) is 95.5 Å². The van der Waals surface area contributed by atoms with Crippen molar-refractivity contribution in [2.75, 3.05) is 0 Å². The second kappa shape index (κ2) is 3.65. The summed E-state index contributed by atoms with van der Waals surface area (Å²) in [7, 11) is 0. The number of nitro groups is 1. The minimum atomic E-state index is -1.18.